The smallest absolute Gasteiger partial charge is 0.148 e. The Hall–Kier alpha value is -0.170. The Kier molecular flexibility index (Phi) is 8.77. The maximum Gasteiger partial charge on any atom is 0.148 e. The van der Waals surface area contributed by atoms with Crippen molar-refractivity contribution < 1.29 is 18.3 Å². The number of hydrogen-bond donors (Lipinski definition) is 2. The van der Waals surface area contributed by atoms with E-state index in [9.17, 15) is 13.5 Å². The van der Waals surface area contributed by atoms with E-state index >= 15 is 0 Å². The molecule has 6 heteroatoms. The summed E-state index contributed by atoms with van der Waals surface area (Å²) >= 11 is 0. The van der Waals surface area contributed by atoms with Crippen molar-refractivity contribution in [3.05, 3.63) is 0 Å². The first-order valence-electron chi connectivity index (χ1n) is 6.38. The van der Waals surface area contributed by atoms with Gasteiger partial charge in [0, 0.05) is 19.3 Å². The number of aliphatic hydroxyl groups is 1. The second kappa shape index (κ2) is 8.85. The summed E-state index contributed by atoms with van der Waals surface area (Å²) in [4.78, 5) is 0. The fourth-order valence-electron chi connectivity index (χ4n) is 1.59. The summed E-state index contributed by atoms with van der Waals surface area (Å²) in [6, 6.07) is 0. The minimum absolute atomic E-state index is 0.0876. The number of rotatable bonds is 10. The maximum atomic E-state index is 10.9. The van der Waals surface area contributed by atoms with E-state index in [2.05, 4.69) is 19.2 Å². The molecule has 0 aromatic carbocycles. The van der Waals surface area contributed by atoms with Crippen molar-refractivity contribution >= 4 is 9.84 Å². The molecule has 0 aliphatic rings. The fourth-order valence-corrected chi connectivity index (χ4v) is 2.11. The number of sulfone groups is 1. The van der Waals surface area contributed by atoms with Crippen LogP contribution in [0.3, 0.4) is 0 Å². The summed E-state index contributed by atoms with van der Waals surface area (Å²) < 4.78 is 27.2. The van der Waals surface area contributed by atoms with Gasteiger partial charge in [-0.2, -0.15) is 0 Å². The van der Waals surface area contributed by atoms with E-state index in [0.29, 0.717) is 19.0 Å². The van der Waals surface area contributed by atoms with Gasteiger partial charge in [0.15, 0.2) is 0 Å². The summed E-state index contributed by atoms with van der Waals surface area (Å²) in [6.07, 6.45) is 1.70. The molecule has 0 heterocycles. The second-order valence-electron chi connectivity index (χ2n) is 5.26. The van der Waals surface area contributed by atoms with E-state index in [1.165, 1.54) is 6.26 Å². The van der Waals surface area contributed by atoms with Gasteiger partial charge in [-0.25, -0.2) is 8.42 Å². The van der Waals surface area contributed by atoms with Gasteiger partial charge < -0.3 is 15.2 Å². The first-order valence-corrected chi connectivity index (χ1v) is 8.45. The summed E-state index contributed by atoms with van der Waals surface area (Å²) in [6.45, 7) is 7.23. The van der Waals surface area contributed by atoms with Crippen LogP contribution in [0.25, 0.3) is 0 Å². The molecule has 2 atom stereocenters. The van der Waals surface area contributed by atoms with Crippen LogP contribution >= 0.6 is 0 Å². The summed E-state index contributed by atoms with van der Waals surface area (Å²) in [5.74, 6) is 0.662. The van der Waals surface area contributed by atoms with Crippen molar-refractivity contribution in [2.24, 2.45) is 5.92 Å². The third kappa shape index (κ3) is 12.3. The molecule has 0 aromatic heterocycles. The van der Waals surface area contributed by atoms with Gasteiger partial charge in [-0.15, -0.1) is 0 Å². The minimum Gasteiger partial charge on any atom is -0.389 e. The lowest BCUT2D eigenvalue weighted by Crippen LogP contribution is -2.34. The lowest BCUT2D eigenvalue weighted by atomic mass is 10.1. The molecular formula is C12H27NO4S. The van der Waals surface area contributed by atoms with E-state index in [-0.39, 0.29) is 18.5 Å². The number of nitrogens with one attached hydrogen (secondary N) is 1. The zero-order valence-corrected chi connectivity index (χ0v) is 12.7. The highest BCUT2D eigenvalue weighted by Crippen LogP contribution is 2.07. The molecule has 0 amide bonds. The SMILES string of the molecule is CC(C)CC(C)OCC(O)CNCCS(C)(=O)=O. The summed E-state index contributed by atoms with van der Waals surface area (Å²) in [5, 5.41) is 12.5. The van der Waals surface area contributed by atoms with Crippen LogP contribution in [0.4, 0.5) is 0 Å². The van der Waals surface area contributed by atoms with Crippen LogP contribution in [0.2, 0.25) is 0 Å². The Morgan fingerprint density at radius 2 is 1.89 bits per heavy atom. The van der Waals surface area contributed by atoms with Crippen LogP contribution in [-0.4, -0.2) is 57.4 Å². The Labute approximate surface area is 111 Å². The molecule has 0 aliphatic carbocycles. The molecule has 0 fully saturated rings. The highest BCUT2D eigenvalue weighted by atomic mass is 32.2. The van der Waals surface area contributed by atoms with Crippen LogP contribution in [0, 0.1) is 5.92 Å². The third-order valence-corrected chi connectivity index (χ3v) is 3.35. The van der Waals surface area contributed by atoms with Crippen LogP contribution in [-0.2, 0) is 14.6 Å². The van der Waals surface area contributed by atoms with Crippen LogP contribution in [0.15, 0.2) is 0 Å². The van der Waals surface area contributed by atoms with Crippen molar-refractivity contribution in [2.75, 3.05) is 31.7 Å². The zero-order chi connectivity index (χ0) is 14.2. The summed E-state index contributed by atoms with van der Waals surface area (Å²) in [5.41, 5.74) is 0. The number of aliphatic hydroxyl groups excluding tert-OH is 1. The molecule has 0 radical (unpaired) electrons. The Morgan fingerprint density at radius 3 is 2.39 bits per heavy atom. The lowest BCUT2D eigenvalue weighted by molar-refractivity contribution is -0.00829. The summed E-state index contributed by atoms with van der Waals surface area (Å²) in [7, 11) is -2.94. The van der Waals surface area contributed by atoms with Crippen molar-refractivity contribution in [3.63, 3.8) is 0 Å². The first kappa shape index (κ1) is 17.8. The average Bonchev–Trinajstić information content (AvgIpc) is 2.19. The molecule has 18 heavy (non-hydrogen) atoms. The largest absolute Gasteiger partial charge is 0.389 e. The maximum absolute atomic E-state index is 10.9. The van der Waals surface area contributed by atoms with Crippen LogP contribution < -0.4 is 5.32 Å². The molecule has 0 saturated heterocycles. The van der Waals surface area contributed by atoms with E-state index in [4.69, 9.17) is 4.74 Å². The molecule has 5 nitrogen and oxygen atoms in total. The van der Waals surface area contributed by atoms with Gasteiger partial charge in [0.25, 0.3) is 0 Å². The van der Waals surface area contributed by atoms with E-state index in [1.54, 1.807) is 0 Å². The highest BCUT2D eigenvalue weighted by molar-refractivity contribution is 7.90. The van der Waals surface area contributed by atoms with Crippen LogP contribution in [0.1, 0.15) is 27.2 Å². The van der Waals surface area contributed by atoms with Gasteiger partial charge in [-0.05, 0) is 19.3 Å². The Bertz CT molecular complexity index is 303. The monoisotopic (exact) mass is 281 g/mol. The minimum atomic E-state index is -2.94. The molecule has 0 rings (SSSR count). The lowest BCUT2D eigenvalue weighted by Gasteiger charge is -2.18. The van der Waals surface area contributed by atoms with Gasteiger partial charge in [-0.3, -0.25) is 0 Å². The molecule has 0 bridgehead atoms. The zero-order valence-electron chi connectivity index (χ0n) is 11.8. The van der Waals surface area contributed by atoms with E-state index in [0.717, 1.165) is 6.42 Å². The van der Waals surface area contributed by atoms with E-state index < -0.39 is 15.9 Å². The predicted molar refractivity (Wildman–Crippen MR) is 73.5 cm³/mol. The molecule has 2 unspecified atom stereocenters. The van der Waals surface area contributed by atoms with Gasteiger partial charge in [-0.1, -0.05) is 13.8 Å². The van der Waals surface area contributed by atoms with Gasteiger partial charge >= 0.3 is 0 Å². The van der Waals surface area contributed by atoms with Crippen molar-refractivity contribution in [3.8, 4) is 0 Å². The van der Waals surface area contributed by atoms with Gasteiger partial charge in [0.05, 0.1) is 24.6 Å². The Balaban J connectivity index is 3.57. The molecule has 0 aliphatic heterocycles. The second-order valence-corrected chi connectivity index (χ2v) is 7.52. The topological polar surface area (TPSA) is 75.6 Å². The normalized spacial score (nSPS) is 15.9. The van der Waals surface area contributed by atoms with Gasteiger partial charge in [0.2, 0.25) is 0 Å². The predicted octanol–water partition coefficient (Wildman–Crippen LogP) is 0.433. The number of ether oxygens (including phenoxy) is 1. The van der Waals surface area contributed by atoms with Crippen molar-refractivity contribution in [1.82, 2.24) is 5.32 Å². The van der Waals surface area contributed by atoms with Crippen molar-refractivity contribution in [1.29, 1.82) is 0 Å². The number of hydrogen-bond acceptors (Lipinski definition) is 5. The van der Waals surface area contributed by atoms with Gasteiger partial charge in [0.1, 0.15) is 9.84 Å². The molecule has 0 spiro atoms. The fraction of sp³-hybridized carbons (Fsp3) is 1.00. The third-order valence-electron chi connectivity index (χ3n) is 2.41. The average molecular weight is 281 g/mol. The quantitative estimate of drug-likeness (QED) is 0.568. The van der Waals surface area contributed by atoms with Crippen LogP contribution in [0.5, 0.6) is 0 Å². The molecule has 2 N–H and O–H groups in total. The first-order chi connectivity index (χ1) is 8.20. The highest BCUT2D eigenvalue weighted by Gasteiger charge is 2.09. The standard InChI is InChI=1S/C12H27NO4S/c1-10(2)7-11(3)17-9-12(14)8-13-5-6-18(4,15)16/h10-14H,5-9H2,1-4H3. The Morgan fingerprint density at radius 1 is 1.28 bits per heavy atom. The molecule has 0 saturated carbocycles. The van der Waals surface area contributed by atoms with Crippen molar-refractivity contribution in [2.45, 2.75) is 39.4 Å². The molecular weight excluding hydrogens is 254 g/mol. The van der Waals surface area contributed by atoms with E-state index in [1.807, 2.05) is 6.92 Å². The molecule has 110 valence electrons. The molecule has 0 aromatic rings.